The number of nitrogens with zero attached hydrogens (tertiary/aromatic N) is 5. The van der Waals surface area contributed by atoms with Crippen LogP contribution in [-0.4, -0.2) is 164 Å². The number of likely N-dealkylation sites (tertiary alicyclic amines) is 2. The van der Waals surface area contributed by atoms with Gasteiger partial charge in [0.25, 0.3) is 5.54 Å². The van der Waals surface area contributed by atoms with Crippen LogP contribution in [0.15, 0.2) is 65.7 Å². The van der Waals surface area contributed by atoms with E-state index in [0.717, 1.165) is 5.56 Å². The number of nitro groups is 1. The summed E-state index contributed by atoms with van der Waals surface area (Å²) in [5.74, 6) is -9.59. The van der Waals surface area contributed by atoms with Crippen LogP contribution >= 0.6 is 0 Å². The van der Waals surface area contributed by atoms with Crippen molar-refractivity contribution in [3.05, 3.63) is 81.9 Å². The Labute approximate surface area is 433 Å². The number of aliphatic carboxylic acids is 1. The first kappa shape index (κ1) is 60.0. The predicted octanol–water partition coefficient (Wildman–Crippen LogP) is -1.87. The van der Waals surface area contributed by atoms with Crippen molar-refractivity contribution in [3.63, 3.8) is 0 Å². The Hall–Kier alpha value is -7.58. The van der Waals surface area contributed by atoms with Crippen molar-refractivity contribution >= 4 is 59.1 Å². The predicted molar refractivity (Wildman–Crippen MR) is 270 cm³/mol. The topological polar surface area (TPSA) is 414 Å². The minimum Gasteiger partial charge on any atom is -0.480 e. The van der Waals surface area contributed by atoms with Crippen LogP contribution in [0.25, 0.3) is 0 Å². The highest BCUT2D eigenvalue weighted by Gasteiger charge is 2.63. The molecule has 2 heterocycles. The van der Waals surface area contributed by atoms with Gasteiger partial charge in [-0.05, 0) is 101 Å². The van der Waals surface area contributed by atoms with E-state index < -0.39 is 137 Å². The molecule has 0 saturated carbocycles. The number of hydrogen-bond acceptors (Lipinski definition) is 16. The molecule has 0 bridgehead atoms. The van der Waals surface area contributed by atoms with Crippen LogP contribution in [0.4, 0.5) is 0 Å². The molecule has 2 aromatic rings. The quantitative estimate of drug-likeness (QED) is 0.00900. The minimum absolute atomic E-state index is 0.0781. The Morgan fingerprint density at radius 3 is 1.91 bits per heavy atom. The summed E-state index contributed by atoms with van der Waals surface area (Å²) in [5, 5.41) is 28.5. The number of esters is 1. The largest absolute Gasteiger partial charge is 0.480 e. The molecule has 4 rings (SSSR count). The van der Waals surface area contributed by atoms with E-state index in [2.05, 4.69) is 20.9 Å². The van der Waals surface area contributed by atoms with Gasteiger partial charge in [-0.2, -0.15) is 0 Å². The number of nitrogens with two attached hydrogens (primary N) is 5. The molecule has 1 unspecified atom stereocenters. The van der Waals surface area contributed by atoms with Crippen molar-refractivity contribution in [1.29, 1.82) is 0 Å². The molecule has 75 heavy (non-hydrogen) atoms. The van der Waals surface area contributed by atoms with Crippen molar-refractivity contribution < 1.29 is 58.0 Å². The van der Waals surface area contributed by atoms with Crippen molar-refractivity contribution in [1.82, 2.24) is 30.8 Å². The lowest BCUT2D eigenvalue weighted by molar-refractivity contribution is -0.647. The number of guanidine groups is 1. The number of carboxylic acid groups (broad SMARTS) is 1. The van der Waals surface area contributed by atoms with Gasteiger partial charge in [0.2, 0.25) is 29.5 Å². The fraction of sp³-hybridized carbons (Fsp3) is 0.551. The highest BCUT2D eigenvalue weighted by molar-refractivity contribution is 6.13. The van der Waals surface area contributed by atoms with E-state index in [1.807, 2.05) is 6.07 Å². The third-order valence-corrected chi connectivity index (χ3v) is 12.6. The number of ketones is 1. The second-order valence-electron chi connectivity index (χ2n) is 19.5. The molecule has 26 heteroatoms. The number of rotatable bonds is 27. The summed E-state index contributed by atoms with van der Waals surface area (Å²) in [7, 11) is 0. The lowest BCUT2D eigenvalue weighted by Gasteiger charge is -2.38. The van der Waals surface area contributed by atoms with Crippen LogP contribution in [0.1, 0.15) is 89.7 Å². The van der Waals surface area contributed by atoms with Gasteiger partial charge in [-0.25, -0.2) is 14.9 Å². The Bertz CT molecular complexity index is 2400. The van der Waals surface area contributed by atoms with E-state index in [1.165, 1.54) is 30.6 Å². The molecule has 2 aliphatic rings. The minimum atomic E-state index is -3.16. The second kappa shape index (κ2) is 27.6. The summed E-state index contributed by atoms with van der Waals surface area (Å²) in [6, 6.07) is 8.92. The normalized spacial score (nSPS) is 17.7. The lowest BCUT2D eigenvalue weighted by Crippen LogP contribution is -2.70. The first-order valence-electron chi connectivity index (χ1n) is 24.7. The van der Waals surface area contributed by atoms with Gasteiger partial charge in [0.05, 0.1) is 24.7 Å². The summed E-state index contributed by atoms with van der Waals surface area (Å²) in [6.07, 6.45) is -0.860. The maximum absolute atomic E-state index is 15.2. The highest BCUT2D eigenvalue weighted by atomic mass is 16.7. The van der Waals surface area contributed by atoms with Crippen LogP contribution in [0.5, 0.6) is 0 Å². The van der Waals surface area contributed by atoms with Crippen LogP contribution in [0.2, 0.25) is 0 Å². The van der Waals surface area contributed by atoms with E-state index in [-0.39, 0.29) is 69.6 Å². The Kier molecular flexibility index (Phi) is 22.1. The van der Waals surface area contributed by atoms with Gasteiger partial charge < -0.3 is 64.3 Å². The third kappa shape index (κ3) is 17.0. The summed E-state index contributed by atoms with van der Waals surface area (Å²) < 4.78 is 5.71. The maximum atomic E-state index is 15.2. The number of carbonyl (C=O) groups is 9. The standard InChI is InChI=1S/C49H71N13O13/c1-48(2,3)75-46(72)49(22-13-23-55-47(53)54,40(66)32(50)18-10-19-33(51)44(70)60-25-12-20-36(60)42(68)57-29-39(64)65)61(62(73)74)45(71)35(27-31-16-8-5-9-17-31)58-43(69)37-21-11-24-59(37)38(63)28-56-41(67)34(52)26-30-14-6-4-7-15-30/h4-9,14-17,32-37H,10-13,18-29,50-52H2,1-3H3,(H,56,67)(H,57,68)(H,58,69)(H,64,65)(H4,53,54,55)/t32?,33-,34-,35-,36-,37-,49-/m0/s1. The van der Waals surface area contributed by atoms with Gasteiger partial charge in [-0.1, -0.05) is 60.7 Å². The number of benzene rings is 2. The van der Waals surface area contributed by atoms with E-state index in [9.17, 15) is 43.7 Å². The first-order valence-corrected chi connectivity index (χ1v) is 24.7. The molecule has 14 N–H and O–H groups in total. The monoisotopic (exact) mass is 1050 g/mol. The van der Waals surface area contributed by atoms with Crippen LogP contribution in [0.3, 0.4) is 0 Å². The smallest absolute Gasteiger partial charge is 0.347 e. The van der Waals surface area contributed by atoms with E-state index in [4.69, 9.17) is 38.5 Å². The average molecular weight is 1050 g/mol. The Morgan fingerprint density at radius 1 is 0.787 bits per heavy atom. The second-order valence-corrected chi connectivity index (χ2v) is 19.5. The first-order chi connectivity index (χ1) is 35.4. The summed E-state index contributed by atoms with van der Waals surface area (Å²) in [6.45, 7) is 3.03. The van der Waals surface area contributed by atoms with Crippen molar-refractivity contribution in [2.24, 2.45) is 33.7 Å². The SMILES string of the molecule is CC(C)(C)OC(=O)[C@](CCCN=C(N)N)(C(=O)C(N)CCC[C@H](N)C(=O)N1CCC[C@H]1C(=O)NCC(=O)O)N(C(=O)[C@H](Cc1ccccc1)NC(=O)[C@@H]1CCCN1C(=O)CNC(=O)[C@@H](N)Cc1ccccc1)[N+](=O)[O-]. The fourth-order valence-electron chi connectivity index (χ4n) is 9.01. The van der Waals surface area contributed by atoms with Crippen LogP contribution in [-0.2, 0) is 60.7 Å². The van der Waals surface area contributed by atoms with Crippen molar-refractivity contribution in [2.45, 2.75) is 139 Å². The van der Waals surface area contributed by atoms with E-state index in [0.29, 0.717) is 18.4 Å². The third-order valence-electron chi connectivity index (χ3n) is 12.6. The zero-order valence-electron chi connectivity index (χ0n) is 42.5. The van der Waals surface area contributed by atoms with E-state index in [1.54, 1.807) is 54.6 Å². The van der Waals surface area contributed by atoms with Gasteiger partial charge in [0.15, 0.2) is 16.8 Å². The molecular formula is C49H71N13O13. The van der Waals surface area contributed by atoms with Gasteiger partial charge in [0.1, 0.15) is 30.3 Å². The number of amides is 6. The zero-order valence-corrected chi connectivity index (χ0v) is 42.5. The molecule has 2 aromatic carbocycles. The van der Waals surface area contributed by atoms with Gasteiger partial charge >= 0.3 is 17.8 Å². The number of ether oxygens (including phenoxy) is 1. The van der Waals surface area contributed by atoms with Crippen LogP contribution in [0, 0.1) is 10.1 Å². The number of carboxylic acids is 1. The summed E-state index contributed by atoms with van der Waals surface area (Å²) >= 11 is 0. The molecule has 26 nitrogen and oxygen atoms in total. The molecule has 0 aliphatic carbocycles. The van der Waals surface area contributed by atoms with Crippen molar-refractivity contribution in [2.75, 3.05) is 32.7 Å². The lowest BCUT2D eigenvalue weighted by atomic mass is 9.81. The number of Topliss-reactive ketones (excluding diaryl/α,β-unsaturated/α-hetero) is 1. The van der Waals surface area contributed by atoms with Crippen molar-refractivity contribution in [3.8, 4) is 0 Å². The van der Waals surface area contributed by atoms with Crippen LogP contribution < -0.4 is 44.6 Å². The average Bonchev–Trinajstić information content (AvgIpc) is 4.06. The number of hydrogen-bond donors (Lipinski definition) is 9. The summed E-state index contributed by atoms with van der Waals surface area (Å²) in [4.78, 5) is 143. The Balaban J connectivity index is 1.66. The molecule has 410 valence electrons. The molecule has 0 aromatic heterocycles. The molecular weight excluding hydrogens is 979 g/mol. The molecule has 0 radical (unpaired) electrons. The molecule has 2 fully saturated rings. The Morgan fingerprint density at radius 2 is 1.35 bits per heavy atom. The van der Waals surface area contributed by atoms with Gasteiger partial charge in [0, 0.05) is 26.1 Å². The maximum Gasteiger partial charge on any atom is 0.347 e. The fourth-order valence-corrected chi connectivity index (χ4v) is 9.01. The van der Waals surface area contributed by atoms with E-state index >= 15 is 9.59 Å². The molecule has 7 atom stereocenters. The molecule has 2 aliphatic heterocycles. The highest BCUT2D eigenvalue weighted by Crippen LogP contribution is 2.32. The summed E-state index contributed by atoms with van der Waals surface area (Å²) in [5.41, 5.74) is 26.6. The zero-order chi connectivity index (χ0) is 55.6. The van der Waals surface area contributed by atoms with Gasteiger partial charge in [-0.3, -0.25) is 43.3 Å². The number of hydrazine groups is 1. The number of carbonyl (C=O) groups excluding carboxylic acids is 8. The van der Waals surface area contributed by atoms with Gasteiger partial charge in [-0.15, -0.1) is 0 Å². The molecule has 0 spiro atoms. The number of nitrogens with one attached hydrogen (secondary N) is 3. The number of aliphatic imine (C=N–C) groups is 1. The molecule has 2 saturated heterocycles. The molecule has 6 amide bonds.